The van der Waals surface area contributed by atoms with E-state index in [1.807, 2.05) is 22.6 Å². The summed E-state index contributed by atoms with van der Waals surface area (Å²) in [6.45, 7) is 0. The fourth-order valence-electron chi connectivity index (χ4n) is 0.865. The number of halogens is 2. The average molecular weight is 357 g/mol. The summed E-state index contributed by atoms with van der Waals surface area (Å²) in [7, 11) is 0. The van der Waals surface area contributed by atoms with Gasteiger partial charge in [-0.15, -0.1) is 0 Å². The molecular weight excluding hydrogens is 351 g/mol. The highest BCUT2D eigenvalue weighted by Gasteiger charge is 2.19. The van der Waals surface area contributed by atoms with Gasteiger partial charge in [0.1, 0.15) is 0 Å². The first-order chi connectivity index (χ1) is 6.04. The summed E-state index contributed by atoms with van der Waals surface area (Å²) in [5.41, 5.74) is 0.405. The molecule has 13 heavy (non-hydrogen) atoms. The third kappa shape index (κ3) is 2.41. The van der Waals surface area contributed by atoms with Crippen molar-refractivity contribution >= 4 is 44.5 Å². The Morgan fingerprint density at radius 3 is 2.69 bits per heavy atom. The van der Waals surface area contributed by atoms with Gasteiger partial charge in [0.25, 0.3) is 0 Å². The molecule has 1 rings (SSSR count). The summed E-state index contributed by atoms with van der Waals surface area (Å²) in [5, 5.41) is 17.9. The second-order valence-corrected chi connectivity index (χ2v) is 4.32. The second kappa shape index (κ2) is 4.39. The molecule has 1 aromatic rings. The van der Waals surface area contributed by atoms with E-state index in [0.29, 0.717) is 5.56 Å². The molecule has 0 spiro atoms. The molecule has 0 heterocycles. The minimum Gasteiger partial charge on any atom is -0.479 e. The van der Waals surface area contributed by atoms with E-state index in [9.17, 15) is 9.90 Å². The van der Waals surface area contributed by atoms with E-state index in [-0.39, 0.29) is 0 Å². The van der Waals surface area contributed by atoms with Crippen molar-refractivity contribution in [2.45, 2.75) is 6.10 Å². The van der Waals surface area contributed by atoms with E-state index in [1.54, 1.807) is 18.2 Å². The molecule has 0 aliphatic carbocycles. The van der Waals surface area contributed by atoms with Crippen molar-refractivity contribution in [3.8, 4) is 0 Å². The number of benzene rings is 1. The van der Waals surface area contributed by atoms with E-state index < -0.39 is 12.1 Å². The van der Waals surface area contributed by atoms with Crippen molar-refractivity contribution < 1.29 is 15.0 Å². The first-order valence-electron chi connectivity index (χ1n) is 3.39. The molecule has 2 N–H and O–H groups in total. The number of hydrogen-bond donors (Lipinski definition) is 2. The van der Waals surface area contributed by atoms with E-state index >= 15 is 0 Å². The Bertz CT molecular complexity index is 340. The third-order valence-corrected chi connectivity index (χ3v) is 4.12. The maximum Gasteiger partial charge on any atom is 0.337 e. The molecule has 0 aliphatic heterocycles. The molecule has 3 nitrogen and oxygen atoms in total. The standard InChI is InChI=1S/C8H6BrIO3/c9-5-3-1-2-4(6(5)10)7(11)8(12)13/h1-3,7,11H,(H,12,13). The summed E-state index contributed by atoms with van der Waals surface area (Å²) in [5.74, 6) is -1.24. The normalized spacial score (nSPS) is 12.5. The summed E-state index contributed by atoms with van der Waals surface area (Å²) in [6, 6.07) is 5.07. The van der Waals surface area contributed by atoms with Crippen molar-refractivity contribution in [3.05, 3.63) is 31.8 Å². The van der Waals surface area contributed by atoms with Crippen LogP contribution in [-0.2, 0) is 4.79 Å². The molecular formula is C8H6BrIO3. The smallest absolute Gasteiger partial charge is 0.337 e. The molecule has 0 fully saturated rings. The zero-order chi connectivity index (χ0) is 10.0. The number of aliphatic carboxylic acids is 1. The lowest BCUT2D eigenvalue weighted by Gasteiger charge is -2.08. The van der Waals surface area contributed by atoms with Crippen LogP contribution in [0.5, 0.6) is 0 Å². The molecule has 0 aromatic heterocycles. The lowest BCUT2D eigenvalue weighted by molar-refractivity contribution is -0.147. The number of hydrogen-bond acceptors (Lipinski definition) is 2. The van der Waals surface area contributed by atoms with Crippen LogP contribution >= 0.6 is 38.5 Å². The fourth-order valence-corrected chi connectivity index (χ4v) is 1.90. The van der Waals surface area contributed by atoms with Crippen LogP contribution in [0.2, 0.25) is 0 Å². The molecule has 1 atom stereocenters. The van der Waals surface area contributed by atoms with Gasteiger partial charge in [0.05, 0.1) is 0 Å². The monoisotopic (exact) mass is 356 g/mol. The van der Waals surface area contributed by atoms with Gasteiger partial charge in [0.2, 0.25) is 0 Å². The fraction of sp³-hybridized carbons (Fsp3) is 0.125. The number of carbonyl (C=O) groups is 1. The molecule has 0 saturated heterocycles. The predicted molar refractivity (Wildman–Crippen MR) is 59.5 cm³/mol. The third-order valence-electron chi connectivity index (χ3n) is 1.51. The molecule has 1 unspecified atom stereocenters. The quantitative estimate of drug-likeness (QED) is 0.798. The van der Waals surface area contributed by atoms with Crippen molar-refractivity contribution in [1.29, 1.82) is 0 Å². The SMILES string of the molecule is O=C(O)C(O)c1cccc(Br)c1I. The van der Waals surface area contributed by atoms with Gasteiger partial charge in [-0.25, -0.2) is 4.79 Å². The van der Waals surface area contributed by atoms with Crippen LogP contribution in [0.4, 0.5) is 0 Å². The highest BCUT2D eigenvalue weighted by molar-refractivity contribution is 14.1. The van der Waals surface area contributed by atoms with Crippen LogP contribution in [0, 0.1) is 3.57 Å². The van der Waals surface area contributed by atoms with Crippen LogP contribution in [0.25, 0.3) is 0 Å². The van der Waals surface area contributed by atoms with Gasteiger partial charge in [-0.1, -0.05) is 12.1 Å². The molecule has 0 saturated carbocycles. The average Bonchev–Trinajstić information content (AvgIpc) is 2.08. The summed E-state index contributed by atoms with van der Waals surface area (Å²) in [6.07, 6.45) is -1.45. The zero-order valence-corrected chi connectivity index (χ0v) is 10.1. The van der Waals surface area contributed by atoms with Crippen LogP contribution in [0.1, 0.15) is 11.7 Å². The van der Waals surface area contributed by atoms with Gasteiger partial charge in [-0.3, -0.25) is 0 Å². The molecule has 0 aliphatic rings. The highest BCUT2D eigenvalue weighted by Crippen LogP contribution is 2.26. The Balaban J connectivity index is 3.15. The first kappa shape index (κ1) is 10.9. The van der Waals surface area contributed by atoms with Crippen LogP contribution in [0.3, 0.4) is 0 Å². The minimum absolute atomic E-state index is 0.405. The lowest BCUT2D eigenvalue weighted by atomic mass is 10.1. The number of rotatable bonds is 2. The number of aliphatic hydroxyl groups excluding tert-OH is 1. The Morgan fingerprint density at radius 2 is 2.15 bits per heavy atom. The van der Waals surface area contributed by atoms with Crippen LogP contribution in [-0.4, -0.2) is 16.2 Å². The molecule has 0 amide bonds. The Hall–Kier alpha value is -0.140. The number of carboxylic acids is 1. The topological polar surface area (TPSA) is 57.5 Å². The highest BCUT2D eigenvalue weighted by atomic mass is 127. The largest absolute Gasteiger partial charge is 0.479 e. The maximum absolute atomic E-state index is 10.5. The van der Waals surface area contributed by atoms with Gasteiger partial charge in [-0.2, -0.15) is 0 Å². The Labute approximate surface area is 97.0 Å². The van der Waals surface area contributed by atoms with Gasteiger partial charge in [0.15, 0.2) is 6.10 Å². The summed E-state index contributed by atoms with van der Waals surface area (Å²) >= 11 is 5.24. The van der Waals surface area contributed by atoms with Crippen molar-refractivity contribution in [1.82, 2.24) is 0 Å². The van der Waals surface area contributed by atoms with Crippen LogP contribution < -0.4 is 0 Å². The maximum atomic E-state index is 10.5. The number of carboxylic acid groups (broad SMARTS) is 1. The lowest BCUT2D eigenvalue weighted by Crippen LogP contribution is -2.11. The predicted octanol–water partition coefficient (Wildman–Crippen LogP) is 2.17. The van der Waals surface area contributed by atoms with Gasteiger partial charge in [0, 0.05) is 13.6 Å². The van der Waals surface area contributed by atoms with Gasteiger partial charge >= 0.3 is 5.97 Å². The van der Waals surface area contributed by atoms with Gasteiger partial charge in [-0.05, 0) is 44.6 Å². The summed E-state index contributed by atoms with van der Waals surface area (Å²) < 4.78 is 1.50. The van der Waals surface area contributed by atoms with Gasteiger partial charge < -0.3 is 10.2 Å². The van der Waals surface area contributed by atoms with E-state index in [2.05, 4.69) is 15.9 Å². The van der Waals surface area contributed by atoms with Crippen molar-refractivity contribution in [2.75, 3.05) is 0 Å². The number of aliphatic hydroxyl groups is 1. The van der Waals surface area contributed by atoms with E-state index in [1.165, 1.54) is 0 Å². The molecule has 0 radical (unpaired) electrons. The second-order valence-electron chi connectivity index (χ2n) is 2.38. The van der Waals surface area contributed by atoms with Crippen molar-refractivity contribution in [2.24, 2.45) is 0 Å². The van der Waals surface area contributed by atoms with Crippen molar-refractivity contribution in [3.63, 3.8) is 0 Å². The summed E-state index contributed by atoms with van der Waals surface area (Å²) in [4.78, 5) is 10.5. The molecule has 1 aromatic carbocycles. The Kier molecular flexibility index (Phi) is 3.69. The molecule has 5 heteroatoms. The van der Waals surface area contributed by atoms with Crippen LogP contribution in [0.15, 0.2) is 22.7 Å². The Morgan fingerprint density at radius 1 is 1.54 bits per heavy atom. The molecule has 70 valence electrons. The van der Waals surface area contributed by atoms with E-state index in [4.69, 9.17) is 5.11 Å². The molecule has 0 bridgehead atoms. The zero-order valence-electron chi connectivity index (χ0n) is 6.37. The first-order valence-corrected chi connectivity index (χ1v) is 5.26. The minimum atomic E-state index is -1.45. The van der Waals surface area contributed by atoms with E-state index in [0.717, 1.165) is 8.04 Å².